The monoisotopic (exact) mass is 435 g/mol. The fourth-order valence-corrected chi connectivity index (χ4v) is 4.25. The molecule has 0 aliphatic heterocycles. The van der Waals surface area contributed by atoms with Crippen LogP contribution in [0.1, 0.15) is 0 Å². The van der Waals surface area contributed by atoms with Crippen LogP contribution in [0.5, 0.6) is 0 Å². The Balaban J connectivity index is 1.76. The highest BCUT2D eigenvalue weighted by atomic mass is 35.5. The molecule has 1 amide bonds. The number of hydrogen-bond acceptors (Lipinski definition) is 5. The molecule has 146 valence electrons. The van der Waals surface area contributed by atoms with Gasteiger partial charge in [0.2, 0.25) is 5.91 Å². The van der Waals surface area contributed by atoms with Gasteiger partial charge in [0, 0.05) is 12.8 Å². The van der Waals surface area contributed by atoms with Gasteiger partial charge in [-0.15, -0.1) is 6.58 Å². The van der Waals surface area contributed by atoms with Gasteiger partial charge in [-0.25, -0.2) is 13.4 Å². The Morgan fingerprint density at radius 2 is 2.07 bits per heavy atom. The number of nitrogens with one attached hydrogen (secondary N) is 1. The number of allylic oxidation sites excluding steroid dienone is 1. The summed E-state index contributed by atoms with van der Waals surface area (Å²) in [5.41, 5.74) is 2.07. The van der Waals surface area contributed by atoms with Crippen molar-refractivity contribution in [2.24, 2.45) is 0 Å². The maximum absolute atomic E-state index is 12.4. The molecule has 1 N–H and O–H groups in total. The van der Waals surface area contributed by atoms with Crippen LogP contribution < -0.4 is 5.32 Å². The van der Waals surface area contributed by atoms with Crippen molar-refractivity contribution in [1.82, 2.24) is 9.55 Å². The molecule has 0 aliphatic rings. The van der Waals surface area contributed by atoms with Crippen molar-refractivity contribution in [3.05, 3.63) is 60.1 Å². The van der Waals surface area contributed by atoms with Gasteiger partial charge in [-0.1, -0.05) is 41.6 Å². The first-order chi connectivity index (χ1) is 13.3. The van der Waals surface area contributed by atoms with Crippen molar-refractivity contribution in [2.45, 2.75) is 16.6 Å². The first-order valence-corrected chi connectivity index (χ1v) is 11.5. The third-order valence-electron chi connectivity index (χ3n) is 3.90. The van der Waals surface area contributed by atoms with E-state index in [1.807, 2.05) is 28.8 Å². The molecule has 0 aliphatic carbocycles. The van der Waals surface area contributed by atoms with Crippen molar-refractivity contribution in [3.8, 4) is 0 Å². The zero-order valence-corrected chi connectivity index (χ0v) is 17.4. The summed E-state index contributed by atoms with van der Waals surface area (Å²) in [4.78, 5) is 17.0. The van der Waals surface area contributed by atoms with Crippen LogP contribution in [0.25, 0.3) is 11.0 Å². The number of fused-ring (bicyclic) bond motifs is 1. The second-order valence-corrected chi connectivity index (χ2v) is 9.40. The van der Waals surface area contributed by atoms with Crippen LogP contribution in [0.4, 0.5) is 5.69 Å². The second-order valence-electron chi connectivity index (χ2n) is 6.03. The number of para-hydroxylation sites is 2. The lowest BCUT2D eigenvalue weighted by Crippen LogP contribution is -2.15. The number of benzene rings is 2. The van der Waals surface area contributed by atoms with E-state index >= 15 is 0 Å². The molecular formula is C19H18ClN3O3S2. The van der Waals surface area contributed by atoms with Gasteiger partial charge in [-0.3, -0.25) is 4.79 Å². The highest BCUT2D eigenvalue weighted by Gasteiger charge is 2.15. The largest absolute Gasteiger partial charge is 0.324 e. The topological polar surface area (TPSA) is 81.1 Å². The molecule has 3 aromatic rings. The molecule has 0 atom stereocenters. The first kappa shape index (κ1) is 20.4. The fourth-order valence-electron chi connectivity index (χ4n) is 2.62. The quantitative estimate of drug-likeness (QED) is 0.448. The lowest BCUT2D eigenvalue weighted by molar-refractivity contribution is -0.113. The molecule has 0 saturated heterocycles. The predicted octanol–water partition coefficient (Wildman–Crippen LogP) is 4.01. The molecule has 0 spiro atoms. The Bertz CT molecular complexity index is 1160. The zero-order chi connectivity index (χ0) is 20.3. The Kier molecular flexibility index (Phi) is 6.12. The maximum atomic E-state index is 12.4. The standard InChI is InChI=1S/C19H18ClN3O3S2/c1-3-10-23-17-7-5-4-6-15(17)22-19(23)27-12-18(24)21-16-11-13(28(2,25)26)8-9-14(16)20/h3-9,11H,1,10,12H2,2H3,(H,21,24). The summed E-state index contributed by atoms with van der Waals surface area (Å²) in [6, 6.07) is 11.9. The molecule has 3 rings (SSSR count). The summed E-state index contributed by atoms with van der Waals surface area (Å²) in [6.07, 6.45) is 2.87. The molecule has 0 unspecified atom stereocenters. The van der Waals surface area contributed by atoms with Crippen molar-refractivity contribution in [1.29, 1.82) is 0 Å². The Hall–Kier alpha value is -2.29. The van der Waals surface area contributed by atoms with E-state index in [1.165, 1.54) is 30.0 Å². The van der Waals surface area contributed by atoms with E-state index in [-0.39, 0.29) is 27.3 Å². The smallest absolute Gasteiger partial charge is 0.234 e. The minimum atomic E-state index is -3.40. The summed E-state index contributed by atoms with van der Waals surface area (Å²) in [5, 5.41) is 3.63. The Morgan fingerprint density at radius 3 is 2.79 bits per heavy atom. The first-order valence-electron chi connectivity index (χ1n) is 8.28. The number of rotatable bonds is 7. The van der Waals surface area contributed by atoms with E-state index < -0.39 is 9.84 Å². The van der Waals surface area contributed by atoms with E-state index in [0.29, 0.717) is 11.7 Å². The third kappa shape index (κ3) is 4.57. The van der Waals surface area contributed by atoms with E-state index in [4.69, 9.17) is 11.6 Å². The van der Waals surface area contributed by atoms with Crippen molar-refractivity contribution in [2.75, 3.05) is 17.3 Å². The number of imidazole rings is 1. The normalized spacial score (nSPS) is 11.5. The third-order valence-corrected chi connectivity index (χ3v) is 6.32. The number of sulfone groups is 1. The molecule has 0 bridgehead atoms. The number of thioether (sulfide) groups is 1. The Labute approximate surface area is 172 Å². The number of halogens is 1. The Morgan fingerprint density at radius 1 is 1.32 bits per heavy atom. The molecule has 0 saturated carbocycles. The van der Waals surface area contributed by atoms with E-state index in [0.717, 1.165) is 17.3 Å². The minimum absolute atomic E-state index is 0.0904. The van der Waals surface area contributed by atoms with Gasteiger partial charge in [0.1, 0.15) is 0 Å². The van der Waals surface area contributed by atoms with E-state index in [2.05, 4.69) is 16.9 Å². The van der Waals surface area contributed by atoms with Gasteiger partial charge in [-0.2, -0.15) is 0 Å². The minimum Gasteiger partial charge on any atom is -0.324 e. The summed E-state index contributed by atoms with van der Waals surface area (Å²) in [5.74, 6) is -0.213. The van der Waals surface area contributed by atoms with Gasteiger partial charge >= 0.3 is 0 Å². The predicted molar refractivity (Wildman–Crippen MR) is 114 cm³/mol. The zero-order valence-electron chi connectivity index (χ0n) is 15.1. The van der Waals surface area contributed by atoms with Gasteiger partial charge in [0.05, 0.1) is 32.4 Å². The summed E-state index contributed by atoms with van der Waals surface area (Å²) >= 11 is 7.37. The van der Waals surface area contributed by atoms with E-state index in [1.54, 1.807) is 6.08 Å². The van der Waals surface area contributed by atoms with Crippen LogP contribution in [-0.2, 0) is 21.2 Å². The molecular weight excluding hydrogens is 418 g/mol. The maximum Gasteiger partial charge on any atom is 0.234 e. The molecule has 6 nitrogen and oxygen atoms in total. The highest BCUT2D eigenvalue weighted by molar-refractivity contribution is 7.99. The summed E-state index contributed by atoms with van der Waals surface area (Å²) in [7, 11) is -3.40. The molecule has 28 heavy (non-hydrogen) atoms. The molecule has 1 heterocycles. The van der Waals surface area contributed by atoms with Crippen LogP contribution in [0.15, 0.2) is 65.2 Å². The molecule has 2 aromatic carbocycles. The van der Waals surface area contributed by atoms with Gasteiger partial charge in [0.25, 0.3) is 0 Å². The number of carbonyl (C=O) groups excluding carboxylic acids is 1. The van der Waals surface area contributed by atoms with Crippen LogP contribution in [0.2, 0.25) is 5.02 Å². The number of carbonyl (C=O) groups is 1. The molecule has 0 radical (unpaired) electrons. The van der Waals surface area contributed by atoms with Crippen LogP contribution in [-0.4, -0.2) is 35.9 Å². The number of hydrogen-bond donors (Lipinski definition) is 1. The fraction of sp³-hybridized carbons (Fsp3) is 0.158. The lowest BCUT2D eigenvalue weighted by Gasteiger charge is -2.09. The second kappa shape index (κ2) is 8.38. The van der Waals surface area contributed by atoms with Crippen LogP contribution in [0, 0.1) is 0 Å². The average molecular weight is 436 g/mol. The van der Waals surface area contributed by atoms with Crippen LogP contribution in [0.3, 0.4) is 0 Å². The number of aromatic nitrogens is 2. The van der Waals surface area contributed by atoms with Crippen molar-refractivity contribution < 1.29 is 13.2 Å². The van der Waals surface area contributed by atoms with E-state index in [9.17, 15) is 13.2 Å². The average Bonchev–Trinajstić information content (AvgIpc) is 2.99. The van der Waals surface area contributed by atoms with Crippen molar-refractivity contribution >= 4 is 55.8 Å². The summed E-state index contributed by atoms with van der Waals surface area (Å²) in [6.45, 7) is 4.35. The lowest BCUT2D eigenvalue weighted by atomic mass is 10.3. The van der Waals surface area contributed by atoms with Crippen LogP contribution >= 0.6 is 23.4 Å². The van der Waals surface area contributed by atoms with Gasteiger partial charge < -0.3 is 9.88 Å². The number of nitrogens with zero attached hydrogens (tertiary/aromatic N) is 2. The molecule has 1 aromatic heterocycles. The van der Waals surface area contributed by atoms with Gasteiger partial charge in [-0.05, 0) is 30.3 Å². The summed E-state index contributed by atoms with van der Waals surface area (Å²) < 4.78 is 25.4. The van der Waals surface area contributed by atoms with Crippen molar-refractivity contribution in [3.63, 3.8) is 0 Å². The number of amides is 1. The SMILES string of the molecule is C=CCn1c(SCC(=O)Nc2cc(S(C)(=O)=O)ccc2Cl)nc2ccccc21. The number of anilines is 1. The highest BCUT2D eigenvalue weighted by Crippen LogP contribution is 2.27. The molecule has 9 heteroatoms. The molecule has 0 fully saturated rings. The van der Waals surface area contributed by atoms with Gasteiger partial charge in [0.15, 0.2) is 15.0 Å².